The molecule has 0 fully saturated rings. The van der Waals surface area contributed by atoms with Crippen molar-refractivity contribution >= 4 is 11.6 Å². The largest absolute Gasteiger partial charge is 0.452 e. The van der Waals surface area contributed by atoms with Crippen LogP contribution in [0.15, 0.2) is 0 Å². The van der Waals surface area contributed by atoms with Crippen molar-refractivity contribution in [3.63, 3.8) is 0 Å². The van der Waals surface area contributed by atoms with E-state index in [0.29, 0.717) is 12.8 Å². The maximum absolute atomic E-state index is 12.6. The minimum absolute atomic E-state index is 0.0511. The Morgan fingerprint density at radius 3 is 1.17 bits per heavy atom. The van der Waals surface area contributed by atoms with Crippen molar-refractivity contribution in [3.05, 3.63) is 55.6 Å². The van der Waals surface area contributed by atoms with E-state index in [1.54, 1.807) is 13.8 Å². The number of carbonyl (C=O) groups is 2. The molecule has 0 saturated heterocycles. The van der Waals surface area contributed by atoms with E-state index in [1.165, 1.54) is 0 Å². The molecule has 4 heteroatoms. The number of ketones is 2. The minimum Gasteiger partial charge on any atom is -0.452 e. The van der Waals surface area contributed by atoms with Crippen molar-refractivity contribution in [2.75, 3.05) is 0 Å². The summed E-state index contributed by atoms with van der Waals surface area (Å²) >= 11 is 0. The molecule has 2 heterocycles. The quantitative estimate of drug-likeness (QED) is 0.422. The molecule has 2 aliphatic heterocycles. The lowest BCUT2D eigenvalue weighted by atomic mass is 9.66. The van der Waals surface area contributed by atoms with Gasteiger partial charge in [0.2, 0.25) is 0 Å². The molecule has 2 aliphatic rings. The molecule has 4 nitrogen and oxygen atoms in total. The molecule has 0 aliphatic carbocycles. The Labute approximate surface area is 210 Å². The summed E-state index contributed by atoms with van der Waals surface area (Å²) in [4.78, 5) is 25.2. The van der Waals surface area contributed by atoms with Gasteiger partial charge in [0.15, 0.2) is 11.6 Å². The second-order valence-corrected chi connectivity index (χ2v) is 12.3. The van der Waals surface area contributed by atoms with Gasteiger partial charge in [0, 0.05) is 57.1 Å². The smallest absolute Gasteiger partial charge is 0.252 e. The van der Waals surface area contributed by atoms with Crippen LogP contribution < -0.4 is 9.47 Å². The summed E-state index contributed by atoms with van der Waals surface area (Å²) in [5.74, 6) is 0.767. The fraction of sp³-hybridized carbons (Fsp3) is 0.548. The van der Waals surface area contributed by atoms with Crippen molar-refractivity contribution in [1.29, 1.82) is 0 Å². The Morgan fingerprint density at radius 1 is 0.571 bits per heavy atom. The maximum atomic E-state index is 12.6. The molecule has 0 N–H and O–H groups in total. The van der Waals surface area contributed by atoms with E-state index in [2.05, 4.69) is 41.5 Å². The zero-order valence-corrected chi connectivity index (χ0v) is 23.5. The lowest BCUT2D eigenvalue weighted by Crippen LogP contribution is -2.56. The second-order valence-electron chi connectivity index (χ2n) is 12.3. The second kappa shape index (κ2) is 7.69. The third-order valence-electron chi connectivity index (χ3n) is 8.57. The van der Waals surface area contributed by atoms with E-state index in [1.807, 2.05) is 27.7 Å². The lowest BCUT2D eigenvalue weighted by molar-refractivity contribution is -0.167. The van der Waals surface area contributed by atoms with Gasteiger partial charge in [0.1, 0.15) is 11.5 Å². The highest BCUT2D eigenvalue weighted by atomic mass is 16.7. The topological polar surface area (TPSA) is 52.6 Å². The Bertz CT molecular complexity index is 1210. The van der Waals surface area contributed by atoms with Crippen molar-refractivity contribution in [2.24, 2.45) is 0 Å². The monoisotopic (exact) mass is 476 g/mol. The highest BCUT2D eigenvalue weighted by Crippen LogP contribution is 2.57. The third kappa shape index (κ3) is 3.55. The highest BCUT2D eigenvalue weighted by Gasteiger charge is 2.55. The molecular formula is C31H40O4. The molecular weight excluding hydrogens is 436 g/mol. The molecule has 1 spiro atoms. The molecule has 2 aromatic rings. The number of hydrogen-bond acceptors (Lipinski definition) is 4. The van der Waals surface area contributed by atoms with Crippen LogP contribution in [-0.2, 0) is 10.8 Å². The fourth-order valence-electron chi connectivity index (χ4n) is 7.32. The first-order chi connectivity index (χ1) is 16.0. The number of benzene rings is 2. The van der Waals surface area contributed by atoms with Crippen molar-refractivity contribution < 1.29 is 19.1 Å². The summed E-state index contributed by atoms with van der Waals surface area (Å²) in [6.07, 6.45) is 1.35. The van der Waals surface area contributed by atoms with Gasteiger partial charge in [-0.15, -0.1) is 0 Å². The molecule has 0 aromatic heterocycles. The molecule has 188 valence electrons. The fourth-order valence-corrected chi connectivity index (χ4v) is 7.32. The predicted octanol–water partition coefficient (Wildman–Crippen LogP) is 7.46. The van der Waals surface area contributed by atoms with Crippen LogP contribution in [0.4, 0.5) is 0 Å². The van der Waals surface area contributed by atoms with Crippen LogP contribution in [0.1, 0.15) is 120 Å². The summed E-state index contributed by atoms with van der Waals surface area (Å²) in [5.41, 5.74) is 9.42. The average Bonchev–Trinajstić information content (AvgIpc) is 2.68. The van der Waals surface area contributed by atoms with E-state index in [0.717, 1.165) is 67.1 Å². The molecule has 35 heavy (non-hydrogen) atoms. The molecule has 0 radical (unpaired) electrons. The summed E-state index contributed by atoms with van der Waals surface area (Å²) in [5, 5.41) is 0. The number of carbonyl (C=O) groups excluding carboxylic acids is 2. The number of Topliss-reactive ketones (excluding diaryl/α,β-unsaturated/α-hetero) is 2. The number of rotatable bonds is 2. The number of hydrogen-bond donors (Lipinski definition) is 0. The van der Waals surface area contributed by atoms with E-state index in [9.17, 15) is 9.59 Å². The maximum Gasteiger partial charge on any atom is 0.252 e. The normalized spacial score (nSPS) is 18.9. The summed E-state index contributed by atoms with van der Waals surface area (Å²) in [7, 11) is 0. The van der Waals surface area contributed by atoms with Gasteiger partial charge in [-0.3, -0.25) is 9.59 Å². The molecule has 4 rings (SSSR count). The van der Waals surface area contributed by atoms with Crippen LogP contribution in [0.5, 0.6) is 11.5 Å². The van der Waals surface area contributed by atoms with Crippen LogP contribution in [0, 0.1) is 41.5 Å². The van der Waals surface area contributed by atoms with E-state index < -0.39 is 5.79 Å². The zero-order valence-electron chi connectivity index (χ0n) is 23.5. The van der Waals surface area contributed by atoms with E-state index >= 15 is 0 Å². The van der Waals surface area contributed by atoms with Crippen LogP contribution >= 0.6 is 0 Å². The first-order valence-corrected chi connectivity index (χ1v) is 12.6. The lowest BCUT2D eigenvalue weighted by Gasteiger charge is -2.53. The summed E-state index contributed by atoms with van der Waals surface area (Å²) in [6, 6.07) is 0. The van der Waals surface area contributed by atoms with Gasteiger partial charge in [-0.2, -0.15) is 0 Å². The molecule has 0 saturated carbocycles. The highest BCUT2D eigenvalue weighted by molar-refractivity contribution is 5.99. The Morgan fingerprint density at radius 2 is 0.886 bits per heavy atom. The van der Waals surface area contributed by atoms with Crippen molar-refractivity contribution in [1.82, 2.24) is 0 Å². The van der Waals surface area contributed by atoms with Gasteiger partial charge in [-0.05, 0) is 77.6 Å². The number of fused-ring (bicyclic) bond motifs is 2. The zero-order chi connectivity index (χ0) is 26.4. The predicted molar refractivity (Wildman–Crippen MR) is 141 cm³/mol. The first-order valence-electron chi connectivity index (χ1n) is 12.6. The Kier molecular flexibility index (Phi) is 5.59. The minimum atomic E-state index is -0.895. The molecule has 0 unspecified atom stereocenters. The van der Waals surface area contributed by atoms with Crippen LogP contribution in [0.3, 0.4) is 0 Å². The first kappa shape index (κ1) is 25.5. The molecule has 2 aromatic carbocycles. The molecule has 0 amide bonds. The van der Waals surface area contributed by atoms with Crippen molar-refractivity contribution in [2.45, 2.75) is 113 Å². The Balaban J connectivity index is 2.00. The van der Waals surface area contributed by atoms with Gasteiger partial charge in [-0.1, -0.05) is 27.7 Å². The van der Waals surface area contributed by atoms with Crippen LogP contribution in [0.25, 0.3) is 0 Å². The SMILES string of the molecule is CC(=O)c1c(C)c(C)c2c(c1C)OC1(CC2(C)C)CC(C)(C)c2c(C)c(C)c(C(C)=O)c(C)c2O1. The standard InChI is InChI=1S/C31H40O4/c1-15-17(3)25-27(19(5)23(15)21(7)32)34-31(13-29(25,9)10)14-30(11,12)26-18(4)16(2)24(22(8)33)20(6)28(26)35-31/h13-14H2,1-12H3. The third-order valence-corrected chi connectivity index (χ3v) is 8.57. The van der Waals surface area contributed by atoms with Gasteiger partial charge >= 0.3 is 0 Å². The van der Waals surface area contributed by atoms with Gasteiger partial charge in [0.05, 0.1) is 0 Å². The molecule has 0 bridgehead atoms. The average molecular weight is 477 g/mol. The summed E-state index contributed by atoms with van der Waals surface area (Å²) in [6.45, 7) is 24.5. The summed E-state index contributed by atoms with van der Waals surface area (Å²) < 4.78 is 13.8. The van der Waals surface area contributed by atoms with Gasteiger partial charge in [0.25, 0.3) is 5.79 Å². The van der Waals surface area contributed by atoms with E-state index in [-0.39, 0.29) is 22.4 Å². The van der Waals surface area contributed by atoms with Gasteiger partial charge in [-0.25, -0.2) is 0 Å². The van der Waals surface area contributed by atoms with Crippen LogP contribution in [-0.4, -0.2) is 17.4 Å². The van der Waals surface area contributed by atoms with E-state index in [4.69, 9.17) is 9.47 Å². The van der Waals surface area contributed by atoms with Crippen LogP contribution in [0.2, 0.25) is 0 Å². The number of ether oxygens (including phenoxy) is 2. The van der Waals surface area contributed by atoms with Gasteiger partial charge < -0.3 is 9.47 Å². The molecule has 0 atom stereocenters. The Hall–Kier alpha value is -2.62. The van der Waals surface area contributed by atoms with Crippen molar-refractivity contribution in [3.8, 4) is 11.5 Å².